The highest BCUT2D eigenvalue weighted by molar-refractivity contribution is 7.89. The molecule has 198 valence electrons. The fourth-order valence-electron chi connectivity index (χ4n) is 4.39. The van der Waals surface area contributed by atoms with E-state index in [9.17, 15) is 21.6 Å². The Hall–Kier alpha value is -3.20. The molecule has 2 heterocycles. The van der Waals surface area contributed by atoms with Gasteiger partial charge in [0, 0.05) is 22.8 Å². The molecule has 0 unspecified atom stereocenters. The zero-order chi connectivity index (χ0) is 26.6. The summed E-state index contributed by atoms with van der Waals surface area (Å²) < 4.78 is 67.5. The van der Waals surface area contributed by atoms with E-state index in [2.05, 4.69) is 39.1 Å². The van der Waals surface area contributed by atoms with Crippen LogP contribution in [0.5, 0.6) is 0 Å². The number of fused-ring (bicyclic) bond motifs is 1. The first-order chi connectivity index (χ1) is 17.6. The van der Waals surface area contributed by atoms with E-state index < -0.39 is 22.7 Å². The van der Waals surface area contributed by atoms with E-state index >= 15 is 0 Å². The van der Waals surface area contributed by atoms with Gasteiger partial charge in [0.1, 0.15) is 6.54 Å². The molecular formula is C26H30F3N5O2S. The molecule has 1 aromatic heterocycles. The van der Waals surface area contributed by atoms with E-state index in [1.54, 1.807) is 30.3 Å². The largest absolute Gasteiger partial charge is 0.406 e. The molecule has 3 aromatic rings. The number of halogens is 3. The van der Waals surface area contributed by atoms with Gasteiger partial charge in [0.2, 0.25) is 10.0 Å². The van der Waals surface area contributed by atoms with Gasteiger partial charge in [-0.05, 0) is 88.4 Å². The fraction of sp³-hybridized carbons (Fsp3) is 0.385. The molecule has 0 radical (unpaired) electrons. The maximum absolute atomic E-state index is 13.4. The second kappa shape index (κ2) is 11.0. The summed E-state index contributed by atoms with van der Waals surface area (Å²) in [5.41, 5.74) is 2.21. The highest BCUT2D eigenvalue weighted by Gasteiger charge is 2.30. The van der Waals surface area contributed by atoms with Crippen LogP contribution >= 0.6 is 0 Å². The van der Waals surface area contributed by atoms with Gasteiger partial charge in [0.25, 0.3) is 0 Å². The van der Waals surface area contributed by atoms with E-state index in [1.807, 2.05) is 6.07 Å². The third-order valence-corrected chi connectivity index (χ3v) is 7.82. The molecule has 37 heavy (non-hydrogen) atoms. The lowest BCUT2D eigenvalue weighted by Crippen LogP contribution is -2.36. The smallest absolute Gasteiger partial charge is 0.382 e. The first-order valence-electron chi connectivity index (χ1n) is 12.0. The van der Waals surface area contributed by atoms with Crippen LogP contribution in [0.25, 0.3) is 10.9 Å². The summed E-state index contributed by atoms with van der Waals surface area (Å²) in [6, 6.07) is 13.5. The number of hydrogen-bond acceptors (Lipinski definition) is 5. The van der Waals surface area contributed by atoms with Crippen LogP contribution < -0.4 is 15.4 Å². The van der Waals surface area contributed by atoms with Crippen LogP contribution in [0, 0.1) is 11.8 Å². The minimum absolute atomic E-state index is 0.132. The fourth-order valence-corrected chi connectivity index (χ4v) is 5.12. The van der Waals surface area contributed by atoms with Crippen LogP contribution in [0.4, 0.5) is 24.5 Å². The van der Waals surface area contributed by atoms with Gasteiger partial charge in [0.15, 0.2) is 0 Å². The third kappa shape index (κ3) is 6.77. The molecule has 3 N–H and O–H groups in total. The number of nitrogens with one attached hydrogen (secondary N) is 3. The number of nitrogens with zero attached hydrogens (tertiary/aromatic N) is 2. The molecule has 0 saturated carbocycles. The lowest BCUT2D eigenvalue weighted by molar-refractivity contribution is -0.140. The molecule has 0 aliphatic carbocycles. The number of anilines is 2. The van der Waals surface area contributed by atoms with Crippen molar-refractivity contribution in [3.63, 3.8) is 0 Å². The summed E-state index contributed by atoms with van der Waals surface area (Å²) in [6.07, 6.45) is -2.46. The van der Waals surface area contributed by atoms with Crippen molar-refractivity contribution in [2.75, 3.05) is 44.4 Å². The number of benzene rings is 2. The molecule has 1 fully saturated rings. The van der Waals surface area contributed by atoms with E-state index in [0.29, 0.717) is 16.6 Å². The molecule has 1 saturated heterocycles. The Morgan fingerprint density at radius 1 is 1.08 bits per heavy atom. The monoisotopic (exact) mass is 533 g/mol. The summed E-state index contributed by atoms with van der Waals surface area (Å²) in [7, 11) is -0.115. The van der Waals surface area contributed by atoms with Gasteiger partial charge in [0.05, 0.1) is 22.7 Å². The second-order valence-corrected chi connectivity index (χ2v) is 11.0. The summed E-state index contributed by atoms with van der Waals surface area (Å²) in [6.45, 7) is 0.986. The van der Waals surface area contributed by atoms with Gasteiger partial charge in [-0.1, -0.05) is 12.0 Å². The standard InChI is InChI=1S/C26H30F3N5O2S/c1-30-37(35,36)22-10-8-19(9-11-22)31-14-4-5-21-17-23-24(32-20-12-15-33(2)16-13-20)6-3-7-25(23)34(21)18-26(27,28)29/h3,6-11,17,20,30-32H,12-16,18H2,1-2H3. The normalized spacial score (nSPS) is 15.4. The van der Waals surface area contributed by atoms with Crippen molar-refractivity contribution < 1.29 is 21.6 Å². The van der Waals surface area contributed by atoms with Crippen LogP contribution in [0.3, 0.4) is 0 Å². The van der Waals surface area contributed by atoms with Crippen molar-refractivity contribution in [2.45, 2.75) is 36.5 Å². The van der Waals surface area contributed by atoms with E-state index in [0.717, 1.165) is 31.6 Å². The van der Waals surface area contributed by atoms with E-state index in [-0.39, 0.29) is 23.2 Å². The number of aromatic nitrogens is 1. The molecule has 0 atom stereocenters. The molecule has 0 bridgehead atoms. The highest BCUT2D eigenvalue weighted by atomic mass is 32.2. The number of piperidine rings is 1. The molecular weight excluding hydrogens is 503 g/mol. The second-order valence-electron chi connectivity index (χ2n) is 9.08. The maximum Gasteiger partial charge on any atom is 0.406 e. The van der Waals surface area contributed by atoms with Crippen molar-refractivity contribution in [3.8, 4) is 11.8 Å². The van der Waals surface area contributed by atoms with Crippen molar-refractivity contribution in [2.24, 2.45) is 0 Å². The maximum atomic E-state index is 13.4. The third-order valence-electron chi connectivity index (χ3n) is 6.39. The molecule has 4 rings (SSSR count). The quantitative estimate of drug-likeness (QED) is 0.399. The van der Waals surface area contributed by atoms with Crippen molar-refractivity contribution in [1.82, 2.24) is 14.2 Å². The molecule has 1 aliphatic rings. The first kappa shape index (κ1) is 26.9. The van der Waals surface area contributed by atoms with Crippen LogP contribution in [0.2, 0.25) is 0 Å². The van der Waals surface area contributed by atoms with E-state index in [1.165, 1.54) is 23.7 Å². The number of rotatable bonds is 7. The van der Waals surface area contributed by atoms with Gasteiger partial charge >= 0.3 is 6.18 Å². The zero-order valence-electron chi connectivity index (χ0n) is 20.7. The Kier molecular flexibility index (Phi) is 8.02. The summed E-state index contributed by atoms with van der Waals surface area (Å²) in [5, 5.41) is 7.28. The minimum Gasteiger partial charge on any atom is -0.382 e. The van der Waals surface area contributed by atoms with Crippen molar-refractivity contribution in [1.29, 1.82) is 0 Å². The Morgan fingerprint density at radius 2 is 1.78 bits per heavy atom. The molecule has 0 spiro atoms. The number of sulfonamides is 1. The van der Waals surface area contributed by atoms with Gasteiger partial charge in [-0.3, -0.25) is 0 Å². The van der Waals surface area contributed by atoms with Crippen LogP contribution in [0.15, 0.2) is 53.4 Å². The molecule has 2 aromatic carbocycles. The Labute approximate surface area is 215 Å². The van der Waals surface area contributed by atoms with Gasteiger partial charge in [-0.25, -0.2) is 13.1 Å². The highest BCUT2D eigenvalue weighted by Crippen LogP contribution is 2.31. The molecule has 7 nitrogen and oxygen atoms in total. The van der Waals surface area contributed by atoms with Gasteiger partial charge in [-0.15, -0.1) is 0 Å². The topological polar surface area (TPSA) is 78.4 Å². The number of hydrogen-bond donors (Lipinski definition) is 3. The van der Waals surface area contributed by atoms with Gasteiger partial charge in [-0.2, -0.15) is 13.2 Å². The number of alkyl halides is 3. The van der Waals surface area contributed by atoms with Crippen molar-refractivity contribution in [3.05, 3.63) is 54.2 Å². The average molecular weight is 534 g/mol. The molecule has 1 aliphatic heterocycles. The van der Waals surface area contributed by atoms with Gasteiger partial charge < -0.3 is 20.1 Å². The number of likely N-dealkylation sites (tertiary alicyclic amines) is 1. The predicted molar refractivity (Wildman–Crippen MR) is 140 cm³/mol. The minimum atomic E-state index is -4.40. The van der Waals surface area contributed by atoms with Crippen LogP contribution in [-0.4, -0.2) is 63.8 Å². The van der Waals surface area contributed by atoms with E-state index in [4.69, 9.17) is 0 Å². The average Bonchev–Trinajstić information content (AvgIpc) is 3.20. The zero-order valence-corrected chi connectivity index (χ0v) is 21.5. The molecule has 11 heteroatoms. The van der Waals surface area contributed by atoms with Crippen LogP contribution in [0.1, 0.15) is 18.5 Å². The summed E-state index contributed by atoms with van der Waals surface area (Å²) >= 11 is 0. The van der Waals surface area contributed by atoms with Crippen molar-refractivity contribution >= 4 is 32.3 Å². The Balaban J connectivity index is 1.55. The summed E-state index contributed by atoms with van der Waals surface area (Å²) in [5.74, 6) is 5.78. The first-order valence-corrected chi connectivity index (χ1v) is 13.4. The summed E-state index contributed by atoms with van der Waals surface area (Å²) in [4.78, 5) is 2.40. The Morgan fingerprint density at radius 3 is 2.43 bits per heavy atom. The predicted octanol–water partition coefficient (Wildman–Crippen LogP) is 4.08. The SMILES string of the molecule is CNS(=O)(=O)c1ccc(NCC#Cc2cc3c(NC4CCN(C)CC4)cccc3n2CC(F)(F)F)cc1. The lowest BCUT2D eigenvalue weighted by Gasteiger charge is -2.30. The Bertz CT molecular complexity index is 1400. The lowest BCUT2D eigenvalue weighted by atomic mass is 10.0. The molecule has 0 amide bonds. The van der Waals surface area contributed by atoms with Crippen LogP contribution in [-0.2, 0) is 16.6 Å².